The van der Waals surface area contributed by atoms with Gasteiger partial charge in [0.2, 0.25) is 5.96 Å². The van der Waals surface area contributed by atoms with Crippen LogP contribution in [0.3, 0.4) is 0 Å². The summed E-state index contributed by atoms with van der Waals surface area (Å²) in [5.74, 6) is -2.04. The van der Waals surface area contributed by atoms with Crippen LogP contribution < -0.4 is 21.0 Å². The SMILES string of the molecule is N=NN(C(=N)N)[C@H]1CC12CN(c1cc(F)c(N3CCNOCC3)c(F)c1)C(=O)O2. The van der Waals surface area contributed by atoms with Crippen LogP contribution in [0.2, 0.25) is 0 Å². The Balaban J connectivity index is 1.56. The van der Waals surface area contributed by atoms with Crippen molar-refractivity contribution in [3.8, 4) is 0 Å². The smallest absolute Gasteiger partial charge is 0.415 e. The number of halogens is 2. The number of nitrogens with one attached hydrogen (secondary N) is 3. The zero-order chi connectivity index (χ0) is 20.8. The number of nitrogens with two attached hydrogens (primary N) is 1. The predicted octanol–water partition coefficient (Wildman–Crippen LogP) is 0.915. The summed E-state index contributed by atoms with van der Waals surface area (Å²) in [6, 6.07) is 1.62. The fraction of sp³-hybridized carbons (Fsp3) is 0.500. The number of anilines is 2. The van der Waals surface area contributed by atoms with Gasteiger partial charge in [-0.3, -0.25) is 15.1 Å². The molecule has 156 valence electrons. The molecule has 1 unspecified atom stereocenters. The summed E-state index contributed by atoms with van der Waals surface area (Å²) in [6.07, 6.45) is -0.457. The molecule has 2 heterocycles. The van der Waals surface area contributed by atoms with Gasteiger partial charge >= 0.3 is 6.09 Å². The lowest BCUT2D eigenvalue weighted by molar-refractivity contribution is 0.0589. The summed E-state index contributed by atoms with van der Waals surface area (Å²) in [6.45, 7) is 1.37. The lowest BCUT2D eigenvalue weighted by Gasteiger charge is -2.24. The molecule has 1 amide bonds. The largest absolute Gasteiger partial charge is 0.438 e. The predicted molar refractivity (Wildman–Crippen MR) is 96.4 cm³/mol. The molecule has 2 saturated heterocycles. The highest BCUT2D eigenvalue weighted by Gasteiger charge is 2.67. The molecule has 0 bridgehead atoms. The second-order valence-electron chi connectivity index (χ2n) is 7.06. The number of rotatable bonds is 4. The minimum absolute atomic E-state index is 0.00943. The zero-order valence-corrected chi connectivity index (χ0v) is 15.3. The van der Waals surface area contributed by atoms with Crippen molar-refractivity contribution < 1.29 is 23.1 Å². The maximum absolute atomic E-state index is 14.8. The Bertz CT molecular complexity index is 840. The Hall–Kier alpha value is -3.06. The third kappa shape index (κ3) is 3.31. The molecule has 13 heteroatoms. The van der Waals surface area contributed by atoms with Gasteiger partial charge in [0.15, 0.2) is 17.2 Å². The van der Waals surface area contributed by atoms with Gasteiger partial charge in [0, 0.05) is 38.2 Å². The highest BCUT2D eigenvalue weighted by Crippen LogP contribution is 2.49. The average Bonchev–Trinajstić information content (AvgIpc) is 3.31. The van der Waals surface area contributed by atoms with Gasteiger partial charge in [0.1, 0.15) is 11.7 Å². The number of hydroxylamine groups is 1. The Labute approximate surface area is 164 Å². The fourth-order valence-corrected chi connectivity index (χ4v) is 3.77. The van der Waals surface area contributed by atoms with E-state index in [2.05, 4.69) is 10.7 Å². The fourth-order valence-electron chi connectivity index (χ4n) is 3.77. The van der Waals surface area contributed by atoms with Crippen molar-refractivity contribution in [2.45, 2.75) is 18.1 Å². The highest BCUT2D eigenvalue weighted by atomic mass is 19.1. The minimum atomic E-state index is -1.02. The minimum Gasteiger partial charge on any atom is -0.438 e. The van der Waals surface area contributed by atoms with Crippen molar-refractivity contribution in [2.75, 3.05) is 42.6 Å². The number of nitrogens with zero attached hydrogens (tertiary/aromatic N) is 4. The average molecular weight is 410 g/mol. The molecule has 0 radical (unpaired) electrons. The second-order valence-corrected chi connectivity index (χ2v) is 7.06. The van der Waals surface area contributed by atoms with E-state index in [1.807, 2.05) is 0 Å². The van der Waals surface area contributed by atoms with Gasteiger partial charge in [0.25, 0.3) is 0 Å². The Kier molecular flexibility index (Phi) is 4.70. The Morgan fingerprint density at radius 1 is 1.38 bits per heavy atom. The summed E-state index contributed by atoms with van der Waals surface area (Å²) < 4.78 is 34.9. The van der Waals surface area contributed by atoms with Crippen molar-refractivity contribution in [2.24, 2.45) is 11.0 Å². The number of carbonyl (C=O) groups is 1. The molecule has 1 saturated carbocycles. The first kappa shape index (κ1) is 19.3. The standard InChI is InChI=1S/C16H20F2N8O3/c17-10-5-9(6-11(18)13(10)24-2-1-22-28-4-3-24)25-8-16(29-15(25)27)7-12(16)26(23-21)14(19)20/h5-6,12,21-22H,1-4,7-8H2,(H3,19,20)/t12-,16?/m0/s1. The van der Waals surface area contributed by atoms with Crippen LogP contribution in [0, 0.1) is 22.6 Å². The van der Waals surface area contributed by atoms with E-state index >= 15 is 0 Å². The van der Waals surface area contributed by atoms with Crippen molar-refractivity contribution in [1.29, 1.82) is 10.9 Å². The lowest BCUT2D eigenvalue weighted by atomic mass is 10.2. The molecule has 2 aliphatic heterocycles. The number of carbonyl (C=O) groups excluding carboxylic acids is 1. The van der Waals surface area contributed by atoms with E-state index in [1.165, 1.54) is 4.90 Å². The van der Waals surface area contributed by atoms with Crippen LogP contribution in [-0.4, -0.2) is 61.5 Å². The molecule has 1 aliphatic carbocycles. The Morgan fingerprint density at radius 3 is 2.76 bits per heavy atom. The monoisotopic (exact) mass is 410 g/mol. The molecule has 1 aromatic rings. The highest BCUT2D eigenvalue weighted by molar-refractivity contribution is 5.91. The molecule has 4 rings (SSSR count). The van der Waals surface area contributed by atoms with Crippen LogP contribution in [0.15, 0.2) is 17.4 Å². The normalized spacial score (nSPS) is 26.3. The van der Waals surface area contributed by atoms with Crippen molar-refractivity contribution in [1.82, 2.24) is 10.5 Å². The summed E-state index contributed by atoms with van der Waals surface area (Å²) >= 11 is 0. The zero-order valence-electron chi connectivity index (χ0n) is 15.3. The number of guanidine groups is 1. The molecule has 2 atom stereocenters. The van der Waals surface area contributed by atoms with Crippen molar-refractivity contribution in [3.63, 3.8) is 0 Å². The van der Waals surface area contributed by atoms with Gasteiger partial charge < -0.3 is 15.4 Å². The van der Waals surface area contributed by atoms with Crippen LogP contribution in [0.4, 0.5) is 25.0 Å². The van der Waals surface area contributed by atoms with E-state index in [4.69, 9.17) is 26.2 Å². The van der Waals surface area contributed by atoms with E-state index in [1.54, 1.807) is 0 Å². The molecule has 1 spiro atoms. The van der Waals surface area contributed by atoms with Gasteiger partial charge in [-0.15, -0.1) is 0 Å². The maximum Gasteiger partial charge on any atom is 0.415 e. The first-order valence-corrected chi connectivity index (χ1v) is 8.96. The molecule has 0 aromatic heterocycles. The van der Waals surface area contributed by atoms with Gasteiger partial charge in [-0.2, -0.15) is 5.53 Å². The number of ether oxygens (including phenoxy) is 1. The topological polar surface area (TPSA) is 143 Å². The molecule has 5 N–H and O–H groups in total. The van der Waals surface area contributed by atoms with E-state index in [9.17, 15) is 13.6 Å². The van der Waals surface area contributed by atoms with E-state index < -0.39 is 35.3 Å². The Morgan fingerprint density at radius 2 is 2.10 bits per heavy atom. The lowest BCUT2D eigenvalue weighted by Crippen LogP contribution is -2.39. The summed E-state index contributed by atoms with van der Waals surface area (Å²) in [4.78, 5) is 20.1. The third-order valence-electron chi connectivity index (χ3n) is 5.25. The van der Waals surface area contributed by atoms with E-state index in [0.717, 1.165) is 22.0 Å². The molecular weight excluding hydrogens is 390 g/mol. The summed E-state index contributed by atoms with van der Waals surface area (Å²) in [5, 5.41) is 11.6. The second kappa shape index (κ2) is 7.08. The van der Waals surface area contributed by atoms with Crippen LogP contribution in [0.25, 0.3) is 0 Å². The molecule has 3 fully saturated rings. The van der Waals surface area contributed by atoms with E-state index in [-0.39, 0.29) is 24.5 Å². The van der Waals surface area contributed by atoms with E-state index in [0.29, 0.717) is 26.1 Å². The van der Waals surface area contributed by atoms with Gasteiger partial charge in [-0.25, -0.2) is 24.1 Å². The number of benzene rings is 1. The van der Waals surface area contributed by atoms with Gasteiger partial charge in [-0.1, -0.05) is 5.22 Å². The van der Waals surface area contributed by atoms with Crippen molar-refractivity contribution in [3.05, 3.63) is 23.8 Å². The van der Waals surface area contributed by atoms with Crippen molar-refractivity contribution >= 4 is 23.4 Å². The molecule has 11 nitrogen and oxygen atoms in total. The molecule has 3 aliphatic rings. The quantitative estimate of drug-likeness (QED) is 0.250. The van der Waals surface area contributed by atoms with Crippen LogP contribution in [0.1, 0.15) is 6.42 Å². The maximum atomic E-state index is 14.8. The number of hydrogen-bond acceptors (Lipinski definition) is 8. The first-order chi connectivity index (χ1) is 13.9. The molecule has 1 aromatic carbocycles. The van der Waals surface area contributed by atoms with Crippen LogP contribution in [-0.2, 0) is 9.57 Å². The van der Waals surface area contributed by atoms with Crippen LogP contribution >= 0.6 is 0 Å². The summed E-state index contributed by atoms with van der Waals surface area (Å²) in [7, 11) is 0. The van der Waals surface area contributed by atoms with Gasteiger partial charge in [0.05, 0.1) is 18.8 Å². The number of amides is 1. The first-order valence-electron chi connectivity index (χ1n) is 8.96. The molecular formula is C16H20F2N8O3. The van der Waals surface area contributed by atoms with Crippen LogP contribution in [0.5, 0.6) is 0 Å². The molecule has 29 heavy (non-hydrogen) atoms. The summed E-state index contributed by atoms with van der Waals surface area (Å²) in [5.41, 5.74) is 14.0. The van der Waals surface area contributed by atoms with Gasteiger partial charge in [-0.05, 0) is 0 Å². The third-order valence-corrected chi connectivity index (χ3v) is 5.25. The number of hydrogen-bond donors (Lipinski definition) is 4.